The van der Waals surface area contributed by atoms with Crippen molar-refractivity contribution in [1.29, 1.82) is 0 Å². The standard InChI is InChI=1S/C20H20N4O2/c25-20(19-14-18(22-23-19)15-5-2-1-3-6-15)21-16-7-4-8-17(13-16)24-9-11-26-12-10-24/h1-8,13-14H,9-12H2,(H,21,25)(H,22,23). The lowest BCUT2D eigenvalue weighted by Crippen LogP contribution is -2.36. The molecule has 1 saturated heterocycles. The van der Waals surface area contributed by atoms with Crippen LogP contribution in [-0.4, -0.2) is 42.4 Å². The molecule has 1 amide bonds. The summed E-state index contributed by atoms with van der Waals surface area (Å²) in [5.74, 6) is -0.209. The molecule has 2 aromatic carbocycles. The van der Waals surface area contributed by atoms with Crippen molar-refractivity contribution in [3.63, 3.8) is 0 Å². The number of rotatable bonds is 4. The number of carbonyl (C=O) groups is 1. The van der Waals surface area contributed by atoms with Gasteiger partial charge in [0.05, 0.1) is 18.9 Å². The molecule has 3 aromatic rings. The van der Waals surface area contributed by atoms with Gasteiger partial charge < -0.3 is 15.0 Å². The SMILES string of the molecule is O=C(Nc1cccc(N2CCOCC2)c1)c1cc(-c2ccccc2)n[nH]1. The minimum absolute atomic E-state index is 0.209. The van der Waals surface area contributed by atoms with Gasteiger partial charge in [0.2, 0.25) is 0 Å². The molecule has 0 saturated carbocycles. The summed E-state index contributed by atoms with van der Waals surface area (Å²) in [5, 5.41) is 9.98. The molecular formula is C20H20N4O2. The van der Waals surface area contributed by atoms with E-state index in [2.05, 4.69) is 20.4 Å². The van der Waals surface area contributed by atoms with E-state index in [4.69, 9.17) is 4.74 Å². The Morgan fingerprint density at radius 3 is 2.65 bits per heavy atom. The molecule has 26 heavy (non-hydrogen) atoms. The number of benzene rings is 2. The largest absolute Gasteiger partial charge is 0.378 e. The topological polar surface area (TPSA) is 70.2 Å². The van der Waals surface area contributed by atoms with Crippen molar-refractivity contribution in [2.75, 3.05) is 36.5 Å². The Morgan fingerprint density at radius 2 is 1.85 bits per heavy atom. The lowest BCUT2D eigenvalue weighted by molar-refractivity contribution is 0.102. The van der Waals surface area contributed by atoms with E-state index in [9.17, 15) is 4.79 Å². The van der Waals surface area contributed by atoms with Crippen molar-refractivity contribution in [2.24, 2.45) is 0 Å². The fourth-order valence-electron chi connectivity index (χ4n) is 3.00. The predicted molar refractivity (Wildman–Crippen MR) is 101 cm³/mol. The number of H-pyrrole nitrogens is 1. The molecule has 132 valence electrons. The summed E-state index contributed by atoms with van der Waals surface area (Å²) >= 11 is 0. The number of morpholine rings is 1. The molecule has 0 aliphatic carbocycles. The second-order valence-electron chi connectivity index (χ2n) is 6.14. The van der Waals surface area contributed by atoms with Crippen molar-refractivity contribution in [3.8, 4) is 11.3 Å². The summed E-state index contributed by atoms with van der Waals surface area (Å²) in [6, 6.07) is 19.4. The normalized spacial score (nSPS) is 14.2. The van der Waals surface area contributed by atoms with Crippen molar-refractivity contribution < 1.29 is 9.53 Å². The highest BCUT2D eigenvalue weighted by Gasteiger charge is 2.14. The first-order chi connectivity index (χ1) is 12.8. The molecule has 0 unspecified atom stereocenters. The van der Waals surface area contributed by atoms with Gasteiger partial charge in [-0.15, -0.1) is 0 Å². The number of nitrogens with one attached hydrogen (secondary N) is 2. The van der Waals surface area contributed by atoms with Gasteiger partial charge in [0.1, 0.15) is 5.69 Å². The van der Waals surface area contributed by atoms with E-state index in [0.29, 0.717) is 5.69 Å². The van der Waals surface area contributed by atoms with E-state index in [-0.39, 0.29) is 5.91 Å². The molecule has 1 fully saturated rings. The van der Waals surface area contributed by atoms with Crippen LogP contribution in [0, 0.1) is 0 Å². The van der Waals surface area contributed by atoms with Gasteiger partial charge >= 0.3 is 0 Å². The number of amides is 1. The summed E-state index contributed by atoms with van der Waals surface area (Å²) < 4.78 is 5.39. The number of ether oxygens (including phenoxy) is 1. The van der Waals surface area contributed by atoms with E-state index in [0.717, 1.165) is 48.9 Å². The number of aromatic nitrogens is 2. The fraction of sp³-hybridized carbons (Fsp3) is 0.200. The van der Waals surface area contributed by atoms with Gasteiger partial charge in [0.15, 0.2) is 0 Å². The zero-order valence-corrected chi connectivity index (χ0v) is 14.3. The Hall–Kier alpha value is -3.12. The number of carbonyl (C=O) groups excluding carboxylic acids is 1. The highest BCUT2D eigenvalue weighted by molar-refractivity contribution is 6.03. The van der Waals surface area contributed by atoms with E-state index in [1.807, 2.05) is 54.6 Å². The van der Waals surface area contributed by atoms with Gasteiger partial charge in [-0.1, -0.05) is 36.4 Å². The van der Waals surface area contributed by atoms with Crippen molar-refractivity contribution in [3.05, 3.63) is 66.4 Å². The molecule has 0 atom stereocenters. The number of hydrogen-bond donors (Lipinski definition) is 2. The maximum absolute atomic E-state index is 12.5. The average Bonchev–Trinajstić information content (AvgIpc) is 3.20. The van der Waals surface area contributed by atoms with Crippen LogP contribution in [0.15, 0.2) is 60.7 Å². The van der Waals surface area contributed by atoms with Crippen LogP contribution in [0.2, 0.25) is 0 Å². The van der Waals surface area contributed by atoms with Gasteiger partial charge in [-0.2, -0.15) is 5.10 Å². The van der Waals surface area contributed by atoms with Crippen LogP contribution in [0.3, 0.4) is 0 Å². The minimum atomic E-state index is -0.209. The van der Waals surface area contributed by atoms with Gasteiger partial charge in [0.25, 0.3) is 5.91 Å². The van der Waals surface area contributed by atoms with Gasteiger partial charge in [-0.3, -0.25) is 9.89 Å². The van der Waals surface area contributed by atoms with Gasteiger partial charge in [0, 0.05) is 30.0 Å². The Morgan fingerprint density at radius 1 is 1.04 bits per heavy atom. The average molecular weight is 348 g/mol. The van der Waals surface area contributed by atoms with E-state index in [1.54, 1.807) is 6.07 Å². The molecule has 6 nitrogen and oxygen atoms in total. The van der Waals surface area contributed by atoms with Crippen LogP contribution < -0.4 is 10.2 Å². The third kappa shape index (κ3) is 3.60. The summed E-state index contributed by atoms with van der Waals surface area (Å²) in [4.78, 5) is 14.8. The molecule has 1 aliphatic heterocycles. The van der Waals surface area contributed by atoms with Crippen LogP contribution in [0.4, 0.5) is 11.4 Å². The first-order valence-corrected chi connectivity index (χ1v) is 8.64. The molecular weight excluding hydrogens is 328 g/mol. The molecule has 6 heteroatoms. The Labute approximate surface area is 151 Å². The van der Waals surface area contributed by atoms with Crippen LogP contribution >= 0.6 is 0 Å². The Kier molecular flexibility index (Phi) is 4.66. The molecule has 2 N–H and O–H groups in total. The second-order valence-corrected chi connectivity index (χ2v) is 6.14. The number of hydrogen-bond acceptors (Lipinski definition) is 4. The van der Waals surface area contributed by atoms with E-state index < -0.39 is 0 Å². The van der Waals surface area contributed by atoms with Crippen LogP contribution in [-0.2, 0) is 4.74 Å². The Balaban J connectivity index is 1.47. The zero-order valence-electron chi connectivity index (χ0n) is 14.3. The molecule has 1 aliphatic rings. The first-order valence-electron chi connectivity index (χ1n) is 8.64. The fourth-order valence-corrected chi connectivity index (χ4v) is 3.00. The molecule has 2 heterocycles. The summed E-state index contributed by atoms with van der Waals surface area (Å²) in [7, 11) is 0. The highest BCUT2D eigenvalue weighted by atomic mass is 16.5. The lowest BCUT2D eigenvalue weighted by Gasteiger charge is -2.29. The molecule has 1 aromatic heterocycles. The smallest absolute Gasteiger partial charge is 0.273 e. The van der Waals surface area contributed by atoms with E-state index in [1.165, 1.54) is 0 Å². The van der Waals surface area contributed by atoms with Crippen LogP contribution in [0.25, 0.3) is 11.3 Å². The third-order valence-electron chi connectivity index (χ3n) is 4.37. The minimum Gasteiger partial charge on any atom is -0.378 e. The number of nitrogens with zero attached hydrogens (tertiary/aromatic N) is 2. The number of anilines is 2. The van der Waals surface area contributed by atoms with Gasteiger partial charge in [-0.25, -0.2) is 0 Å². The van der Waals surface area contributed by atoms with Crippen LogP contribution in [0.1, 0.15) is 10.5 Å². The van der Waals surface area contributed by atoms with E-state index >= 15 is 0 Å². The van der Waals surface area contributed by atoms with Crippen molar-refractivity contribution in [1.82, 2.24) is 10.2 Å². The van der Waals surface area contributed by atoms with Gasteiger partial charge in [-0.05, 0) is 24.3 Å². The maximum Gasteiger partial charge on any atom is 0.273 e. The first kappa shape index (κ1) is 16.4. The lowest BCUT2D eigenvalue weighted by atomic mass is 10.1. The Bertz CT molecular complexity index is 886. The third-order valence-corrected chi connectivity index (χ3v) is 4.37. The highest BCUT2D eigenvalue weighted by Crippen LogP contribution is 2.22. The maximum atomic E-state index is 12.5. The van der Waals surface area contributed by atoms with Crippen molar-refractivity contribution >= 4 is 17.3 Å². The zero-order chi connectivity index (χ0) is 17.8. The molecule has 0 bridgehead atoms. The monoisotopic (exact) mass is 348 g/mol. The molecule has 0 radical (unpaired) electrons. The predicted octanol–water partition coefficient (Wildman–Crippen LogP) is 3.17. The van der Waals surface area contributed by atoms with Crippen LogP contribution in [0.5, 0.6) is 0 Å². The second kappa shape index (κ2) is 7.41. The summed E-state index contributed by atoms with van der Waals surface area (Å²) in [5.41, 5.74) is 3.99. The quantitative estimate of drug-likeness (QED) is 0.760. The van der Waals surface area contributed by atoms with Crippen molar-refractivity contribution in [2.45, 2.75) is 0 Å². The number of aromatic amines is 1. The summed E-state index contributed by atoms with van der Waals surface area (Å²) in [6.07, 6.45) is 0. The molecule has 0 spiro atoms. The molecule has 4 rings (SSSR count). The summed E-state index contributed by atoms with van der Waals surface area (Å²) in [6.45, 7) is 3.18.